The highest BCUT2D eigenvalue weighted by Gasteiger charge is 2.05. The molecule has 0 spiro atoms. The normalized spacial score (nSPS) is 10.7. The number of H-pyrrole nitrogens is 1. The first-order valence-electron chi connectivity index (χ1n) is 5.97. The number of aryl methyl sites for hydroxylation is 1. The quantitative estimate of drug-likeness (QED) is 0.775. The monoisotopic (exact) mass is 230 g/mol. The Morgan fingerprint density at radius 1 is 1.35 bits per heavy atom. The van der Waals surface area contributed by atoms with Crippen LogP contribution in [0.3, 0.4) is 0 Å². The molecule has 2 N–H and O–H groups in total. The van der Waals surface area contributed by atoms with Crippen molar-refractivity contribution in [3.8, 4) is 11.4 Å². The third-order valence-electron chi connectivity index (χ3n) is 2.65. The van der Waals surface area contributed by atoms with Crippen LogP contribution in [0.1, 0.15) is 24.6 Å². The van der Waals surface area contributed by atoms with Crippen molar-refractivity contribution in [2.45, 2.75) is 26.8 Å². The maximum Gasteiger partial charge on any atom is 0.137 e. The lowest BCUT2D eigenvalue weighted by atomic mass is 10.1. The second-order valence-electron chi connectivity index (χ2n) is 4.12. The number of aromatic amines is 1. The Balaban J connectivity index is 2.10. The number of aromatic nitrogens is 3. The van der Waals surface area contributed by atoms with Crippen LogP contribution in [0.25, 0.3) is 11.4 Å². The Hall–Kier alpha value is -1.68. The molecule has 0 unspecified atom stereocenters. The maximum atomic E-state index is 4.40. The van der Waals surface area contributed by atoms with Crippen LogP contribution in [-0.2, 0) is 6.54 Å². The third kappa shape index (κ3) is 2.91. The number of nitrogens with one attached hydrogen (secondary N) is 2. The van der Waals surface area contributed by atoms with Gasteiger partial charge < -0.3 is 10.3 Å². The van der Waals surface area contributed by atoms with E-state index >= 15 is 0 Å². The fraction of sp³-hybridized carbons (Fsp3) is 0.385. The molecule has 17 heavy (non-hydrogen) atoms. The van der Waals surface area contributed by atoms with Crippen LogP contribution >= 0.6 is 0 Å². The minimum Gasteiger partial charge on any atom is -0.341 e. The fourth-order valence-electron chi connectivity index (χ4n) is 1.72. The number of hydrogen-bond acceptors (Lipinski definition) is 3. The SMILES string of the molecule is CCCNCc1cnc(-c2ccncc2C)[nH]1. The van der Waals surface area contributed by atoms with E-state index in [1.54, 1.807) is 6.20 Å². The van der Waals surface area contributed by atoms with Crippen molar-refractivity contribution in [2.24, 2.45) is 0 Å². The first-order chi connectivity index (χ1) is 8.31. The van der Waals surface area contributed by atoms with Crippen molar-refractivity contribution >= 4 is 0 Å². The third-order valence-corrected chi connectivity index (χ3v) is 2.65. The van der Waals surface area contributed by atoms with Crippen molar-refractivity contribution in [3.05, 3.63) is 35.9 Å². The predicted octanol–water partition coefficient (Wildman–Crippen LogP) is 2.28. The number of imidazole rings is 1. The second-order valence-corrected chi connectivity index (χ2v) is 4.12. The largest absolute Gasteiger partial charge is 0.341 e. The lowest BCUT2D eigenvalue weighted by molar-refractivity contribution is 0.667. The van der Waals surface area contributed by atoms with Gasteiger partial charge >= 0.3 is 0 Å². The molecule has 0 fully saturated rings. The molecule has 0 bridgehead atoms. The molecule has 0 aromatic carbocycles. The molecule has 2 rings (SSSR count). The highest BCUT2D eigenvalue weighted by Crippen LogP contribution is 2.18. The Morgan fingerprint density at radius 3 is 3.00 bits per heavy atom. The van der Waals surface area contributed by atoms with Gasteiger partial charge in [-0.1, -0.05) is 6.92 Å². The minimum atomic E-state index is 0.838. The van der Waals surface area contributed by atoms with E-state index in [2.05, 4.69) is 27.2 Å². The Morgan fingerprint density at radius 2 is 2.24 bits per heavy atom. The van der Waals surface area contributed by atoms with E-state index < -0.39 is 0 Å². The Bertz CT molecular complexity index is 476. The van der Waals surface area contributed by atoms with Crippen molar-refractivity contribution in [1.82, 2.24) is 20.3 Å². The van der Waals surface area contributed by atoms with Gasteiger partial charge in [0.1, 0.15) is 5.82 Å². The molecule has 0 aliphatic heterocycles. The van der Waals surface area contributed by atoms with E-state index in [0.29, 0.717) is 0 Å². The van der Waals surface area contributed by atoms with Gasteiger partial charge in [-0.2, -0.15) is 0 Å². The van der Waals surface area contributed by atoms with Crippen molar-refractivity contribution in [2.75, 3.05) is 6.54 Å². The van der Waals surface area contributed by atoms with Gasteiger partial charge in [-0.05, 0) is 31.5 Å². The van der Waals surface area contributed by atoms with Gasteiger partial charge in [0.05, 0.1) is 0 Å². The summed E-state index contributed by atoms with van der Waals surface area (Å²) in [4.78, 5) is 11.8. The first-order valence-corrected chi connectivity index (χ1v) is 5.97. The van der Waals surface area contributed by atoms with Crippen LogP contribution in [0.4, 0.5) is 0 Å². The summed E-state index contributed by atoms with van der Waals surface area (Å²) in [5, 5.41) is 3.35. The van der Waals surface area contributed by atoms with Gasteiger partial charge in [0.25, 0.3) is 0 Å². The molecule has 0 atom stereocenters. The molecule has 2 heterocycles. The van der Waals surface area contributed by atoms with Crippen molar-refractivity contribution in [1.29, 1.82) is 0 Å². The van der Waals surface area contributed by atoms with Crippen LogP contribution in [-0.4, -0.2) is 21.5 Å². The molecule has 0 aliphatic carbocycles. The van der Waals surface area contributed by atoms with Crippen LogP contribution in [0.5, 0.6) is 0 Å². The lowest BCUT2D eigenvalue weighted by Gasteiger charge is -2.01. The molecule has 90 valence electrons. The number of nitrogens with zero attached hydrogens (tertiary/aromatic N) is 2. The molecule has 4 nitrogen and oxygen atoms in total. The summed E-state index contributed by atoms with van der Waals surface area (Å²) in [5.41, 5.74) is 3.36. The van der Waals surface area contributed by atoms with Gasteiger partial charge in [0.2, 0.25) is 0 Å². The fourth-order valence-corrected chi connectivity index (χ4v) is 1.72. The van der Waals surface area contributed by atoms with Gasteiger partial charge in [-0.3, -0.25) is 4.98 Å². The molecule has 0 aliphatic rings. The highest BCUT2D eigenvalue weighted by molar-refractivity contribution is 5.58. The molecule has 0 saturated carbocycles. The molecule has 0 amide bonds. The highest BCUT2D eigenvalue weighted by atomic mass is 15.0. The summed E-state index contributed by atoms with van der Waals surface area (Å²) >= 11 is 0. The topological polar surface area (TPSA) is 53.6 Å². The first kappa shape index (κ1) is 11.8. The molecule has 4 heteroatoms. The van der Waals surface area contributed by atoms with E-state index in [4.69, 9.17) is 0 Å². The van der Waals surface area contributed by atoms with E-state index in [0.717, 1.165) is 42.2 Å². The smallest absolute Gasteiger partial charge is 0.137 e. The summed E-state index contributed by atoms with van der Waals surface area (Å²) in [7, 11) is 0. The van der Waals surface area contributed by atoms with E-state index in [9.17, 15) is 0 Å². The standard InChI is InChI=1S/C13H18N4/c1-3-5-14-8-11-9-16-13(17-11)12-4-6-15-7-10(12)2/h4,6-7,9,14H,3,5,8H2,1-2H3,(H,16,17). The van der Waals surface area contributed by atoms with Crippen LogP contribution in [0.15, 0.2) is 24.7 Å². The minimum absolute atomic E-state index is 0.838. The van der Waals surface area contributed by atoms with E-state index in [1.165, 1.54) is 0 Å². The molecule has 0 saturated heterocycles. The van der Waals surface area contributed by atoms with Gasteiger partial charge in [0, 0.05) is 36.4 Å². The van der Waals surface area contributed by atoms with Gasteiger partial charge in [0.15, 0.2) is 0 Å². The predicted molar refractivity (Wildman–Crippen MR) is 68.6 cm³/mol. The molecule has 2 aromatic rings. The maximum absolute atomic E-state index is 4.40. The molecule has 0 radical (unpaired) electrons. The molecular formula is C13H18N4. The molecular weight excluding hydrogens is 212 g/mol. The number of pyridine rings is 1. The van der Waals surface area contributed by atoms with Crippen molar-refractivity contribution < 1.29 is 0 Å². The van der Waals surface area contributed by atoms with E-state index in [-0.39, 0.29) is 0 Å². The Labute approximate surface area is 102 Å². The van der Waals surface area contributed by atoms with Crippen LogP contribution in [0.2, 0.25) is 0 Å². The van der Waals surface area contributed by atoms with Gasteiger partial charge in [-0.15, -0.1) is 0 Å². The summed E-state index contributed by atoms with van der Waals surface area (Å²) in [5.74, 6) is 0.915. The summed E-state index contributed by atoms with van der Waals surface area (Å²) < 4.78 is 0. The zero-order chi connectivity index (χ0) is 12.1. The van der Waals surface area contributed by atoms with Crippen LogP contribution in [0, 0.1) is 6.92 Å². The summed E-state index contributed by atoms with van der Waals surface area (Å²) in [6, 6.07) is 1.98. The summed E-state index contributed by atoms with van der Waals surface area (Å²) in [6.45, 7) is 6.07. The van der Waals surface area contributed by atoms with Gasteiger partial charge in [-0.25, -0.2) is 4.98 Å². The lowest BCUT2D eigenvalue weighted by Crippen LogP contribution is -2.13. The zero-order valence-electron chi connectivity index (χ0n) is 10.3. The van der Waals surface area contributed by atoms with Crippen molar-refractivity contribution in [3.63, 3.8) is 0 Å². The summed E-state index contributed by atoms with van der Waals surface area (Å²) in [6.07, 6.45) is 6.68. The number of hydrogen-bond donors (Lipinski definition) is 2. The molecule has 2 aromatic heterocycles. The van der Waals surface area contributed by atoms with Crippen LogP contribution < -0.4 is 5.32 Å². The second kappa shape index (κ2) is 5.59. The zero-order valence-corrected chi connectivity index (χ0v) is 10.3. The number of rotatable bonds is 5. The Kier molecular flexibility index (Phi) is 3.88. The average Bonchev–Trinajstić information content (AvgIpc) is 2.79. The van der Waals surface area contributed by atoms with E-state index in [1.807, 2.05) is 25.4 Å². The average molecular weight is 230 g/mol.